The number of aliphatic hydroxyl groups is 1. The molecule has 15 heteroatoms. The van der Waals surface area contributed by atoms with Gasteiger partial charge in [-0.2, -0.15) is 0 Å². The Kier molecular flexibility index (Phi) is 19.4. The fourth-order valence-electron chi connectivity index (χ4n) is 6.98. The van der Waals surface area contributed by atoms with Gasteiger partial charge in [-0.1, -0.05) is 90.5 Å². The number of aliphatic hydroxyl groups excluding tert-OH is 1. The van der Waals surface area contributed by atoms with Gasteiger partial charge in [0, 0.05) is 19.0 Å². The highest BCUT2D eigenvalue weighted by atomic mass is 16.6. The molecule has 0 bridgehead atoms. The fourth-order valence-corrected chi connectivity index (χ4v) is 6.98. The lowest BCUT2D eigenvalue weighted by molar-refractivity contribution is -0.135. The van der Waals surface area contributed by atoms with E-state index in [0.29, 0.717) is 19.4 Å². The Morgan fingerprint density at radius 1 is 0.895 bits per heavy atom. The van der Waals surface area contributed by atoms with Gasteiger partial charge in [-0.25, -0.2) is 4.79 Å². The highest BCUT2D eigenvalue weighted by Gasteiger charge is 2.38. The number of benzene rings is 1. The van der Waals surface area contributed by atoms with Gasteiger partial charge in [-0.3, -0.25) is 24.0 Å². The summed E-state index contributed by atoms with van der Waals surface area (Å²) in [6, 6.07) is 4.51. The van der Waals surface area contributed by atoms with E-state index in [4.69, 9.17) is 16.2 Å². The molecule has 322 valence electrons. The largest absolute Gasteiger partial charge is 0.444 e. The SMILES string of the molecule is CCC(C)C(NC(=O)C(CC(O)C(CC1CCCCC1)NC(=O)C(CC(N)=O)NC(=O)C(C)(C)NC(=O)OC(C)(C)C)C(C)C)C(=O)NCc1cccc(CN)c1. The van der Waals surface area contributed by atoms with E-state index in [0.717, 1.165) is 43.2 Å². The molecule has 1 aromatic carbocycles. The lowest BCUT2D eigenvalue weighted by Crippen LogP contribution is -2.61. The van der Waals surface area contributed by atoms with E-state index in [9.17, 15) is 33.9 Å². The molecule has 0 radical (unpaired) electrons. The Morgan fingerprint density at radius 2 is 1.53 bits per heavy atom. The van der Waals surface area contributed by atoms with E-state index in [-0.39, 0.29) is 36.6 Å². The van der Waals surface area contributed by atoms with Crippen molar-refractivity contribution in [2.45, 2.75) is 169 Å². The van der Waals surface area contributed by atoms with Gasteiger partial charge in [0.05, 0.1) is 18.6 Å². The summed E-state index contributed by atoms with van der Waals surface area (Å²) in [5.74, 6) is -4.05. The first-order valence-electron chi connectivity index (χ1n) is 20.5. The molecule has 1 aromatic rings. The van der Waals surface area contributed by atoms with Gasteiger partial charge in [0.1, 0.15) is 23.2 Å². The molecule has 0 saturated heterocycles. The minimum absolute atomic E-state index is 0.0262. The molecule has 6 amide bonds. The van der Waals surface area contributed by atoms with Crippen molar-refractivity contribution >= 4 is 35.6 Å². The van der Waals surface area contributed by atoms with Gasteiger partial charge in [-0.15, -0.1) is 0 Å². The molecule has 10 N–H and O–H groups in total. The van der Waals surface area contributed by atoms with Crippen molar-refractivity contribution in [1.29, 1.82) is 0 Å². The molecular formula is C42H71N7O8. The molecule has 6 atom stereocenters. The van der Waals surface area contributed by atoms with Crippen LogP contribution in [0.1, 0.15) is 131 Å². The minimum atomic E-state index is -1.54. The summed E-state index contributed by atoms with van der Waals surface area (Å²) >= 11 is 0. The Hall–Kier alpha value is -4.24. The van der Waals surface area contributed by atoms with Crippen molar-refractivity contribution in [2.24, 2.45) is 35.1 Å². The van der Waals surface area contributed by atoms with E-state index >= 15 is 0 Å². The number of nitrogens with one attached hydrogen (secondary N) is 5. The number of hydrogen-bond donors (Lipinski definition) is 8. The van der Waals surface area contributed by atoms with E-state index in [2.05, 4.69) is 26.6 Å². The van der Waals surface area contributed by atoms with Crippen LogP contribution in [0.4, 0.5) is 4.79 Å². The predicted octanol–water partition coefficient (Wildman–Crippen LogP) is 3.43. The number of rotatable bonds is 21. The van der Waals surface area contributed by atoms with Crippen LogP contribution in [0.15, 0.2) is 24.3 Å². The van der Waals surface area contributed by atoms with E-state index in [1.165, 1.54) is 13.8 Å². The second-order valence-electron chi connectivity index (χ2n) is 17.6. The first-order chi connectivity index (χ1) is 26.6. The fraction of sp³-hybridized carbons (Fsp3) is 0.714. The first-order valence-corrected chi connectivity index (χ1v) is 20.5. The summed E-state index contributed by atoms with van der Waals surface area (Å²) in [6.45, 7) is 16.1. The normalized spacial score (nSPS) is 16.9. The number of amides is 6. The summed E-state index contributed by atoms with van der Waals surface area (Å²) in [5, 5.41) is 25.7. The summed E-state index contributed by atoms with van der Waals surface area (Å²) in [6.07, 6.45) is 3.35. The van der Waals surface area contributed by atoms with Crippen molar-refractivity contribution in [3.05, 3.63) is 35.4 Å². The minimum Gasteiger partial charge on any atom is -0.444 e. The van der Waals surface area contributed by atoms with Crippen LogP contribution in [-0.2, 0) is 41.8 Å². The topological polar surface area (TPSA) is 244 Å². The van der Waals surface area contributed by atoms with Crippen LogP contribution in [0.5, 0.6) is 0 Å². The molecule has 1 fully saturated rings. The van der Waals surface area contributed by atoms with Gasteiger partial charge in [0.2, 0.25) is 29.5 Å². The highest BCUT2D eigenvalue weighted by Crippen LogP contribution is 2.30. The number of primary amides is 1. The Bertz CT molecular complexity index is 1500. The monoisotopic (exact) mass is 802 g/mol. The standard InChI is InChI=1S/C42H71N7O8/c1-10-26(4)35(38(54)45-24-29-18-14-17-28(19-29)23-43)48-36(52)30(25(2)3)21-33(50)31(20-27-15-12-11-13-16-27)46-37(53)32(22-34(44)51)47-39(55)42(8,9)49-40(56)57-41(5,6)7/h14,17-19,25-27,30-33,35,50H,10-13,15-16,20-24,43H2,1-9H3,(H2,44,51)(H,45,54)(H,46,53)(H,47,55)(H,48,52)(H,49,56). The summed E-state index contributed by atoms with van der Waals surface area (Å²) in [7, 11) is 0. The van der Waals surface area contributed by atoms with Crippen LogP contribution in [0.25, 0.3) is 0 Å². The van der Waals surface area contributed by atoms with Gasteiger partial charge in [0.15, 0.2) is 0 Å². The highest BCUT2D eigenvalue weighted by molar-refractivity contribution is 5.95. The van der Waals surface area contributed by atoms with Crippen molar-refractivity contribution in [1.82, 2.24) is 26.6 Å². The molecule has 15 nitrogen and oxygen atoms in total. The van der Waals surface area contributed by atoms with Crippen molar-refractivity contribution in [3.63, 3.8) is 0 Å². The summed E-state index contributed by atoms with van der Waals surface area (Å²) in [4.78, 5) is 79.4. The van der Waals surface area contributed by atoms with Gasteiger partial charge in [-0.05, 0) is 76.3 Å². The van der Waals surface area contributed by atoms with Gasteiger partial charge >= 0.3 is 6.09 Å². The molecule has 0 heterocycles. The lowest BCUT2D eigenvalue weighted by atomic mass is 9.81. The van der Waals surface area contributed by atoms with E-state index in [1.807, 2.05) is 52.0 Å². The van der Waals surface area contributed by atoms with Crippen LogP contribution in [0, 0.1) is 23.7 Å². The zero-order valence-corrected chi connectivity index (χ0v) is 35.7. The maximum Gasteiger partial charge on any atom is 0.408 e. The molecule has 2 rings (SSSR count). The van der Waals surface area contributed by atoms with Gasteiger partial charge < -0.3 is 47.9 Å². The number of ether oxygens (including phenoxy) is 1. The number of alkyl carbamates (subject to hydrolysis) is 1. The smallest absolute Gasteiger partial charge is 0.408 e. The number of carbonyl (C=O) groups excluding carboxylic acids is 6. The Labute approximate surface area is 339 Å². The molecule has 0 aliphatic heterocycles. The summed E-state index contributed by atoms with van der Waals surface area (Å²) < 4.78 is 5.28. The van der Waals surface area contributed by atoms with Crippen molar-refractivity contribution in [3.8, 4) is 0 Å². The van der Waals surface area contributed by atoms with Crippen LogP contribution in [0.2, 0.25) is 0 Å². The Balaban J connectivity index is 2.29. The zero-order chi connectivity index (χ0) is 43.1. The number of hydrogen-bond acceptors (Lipinski definition) is 9. The molecule has 57 heavy (non-hydrogen) atoms. The predicted molar refractivity (Wildman–Crippen MR) is 219 cm³/mol. The third kappa shape index (κ3) is 17.0. The number of carbonyl (C=O) groups is 6. The van der Waals surface area contributed by atoms with Crippen LogP contribution >= 0.6 is 0 Å². The molecular weight excluding hydrogens is 731 g/mol. The molecule has 0 spiro atoms. The quantitative estimate of drug-likeness (QED) is 0.0907. The summed E-state index contributed by atoms with van der Waals surface area (Å²) in [5.41, 5.74) is 10.7. The third-order valence-electron chi connectivity index (χ3n) is 10.6. The average Bonchev–Trinajstić information content (AvgIpc) is 3.12. The average molecular weight is 802 g/mol. The maximum atomic E-state index is 14.0. The maximum absolute atomic E-state index is 14.0. The first kappa shape index (κ1) is 48.9. The van der Waals surface area contributed by atoms with Crippen LogP contribution < -0.4 is 38.1 Å². The van der Waals surface area contributed by atoms with E-state index in [1.54, 1.807) is 20.8 Å². The molecule has 0 aromatic heterocycles. The van der Waals surface area contributed by atoms with Gasteiger partial charge in [0.25, 0.3) is 0 Å². The second kappa shape index (κ2) is 22.6. The van der Waals surface area contributed by atoms with Crippen LogP contribution in [0.3, 0.4) is 0 Å². The molecule has 6 unspecified atom stereocenters. The van der Waals surface area contributed by atoms with Crippen molar-refractivity contribution < 1.29 is 38.6 Å². The molecule has 1 aliphatic rings. The van der Waals surface area contributed by atoms with E-state index < -0.39 is 77.4 Å². The molecule has 1 saturated carbocycles. The van der Waals surface area contributed by atoms with Crippen LogP contribution in [-0.4, -0.2) is 76.1 Å². The second-order valence-corrected chi connectivity index (χ2v) is 17.6. The zero-order valence-electron chi connectivity index (χ0n) is 35.7. The molecule has 1 aliphatic carbocycles. The lowest BCUT2D eigenvalue weighted by Gasteiger charge is -2.34. The van der Waals surface area contributed by atoms with Crippen molar-refractivity contribution in [2.75, 3.05) is 0 Å². The third-order valence-corrected chi connectivity index (χ3v) is 10.6. The number of nitrogens with two attached hydrogens (primary N) is 2. The Morgan fingerprint density at radius 3 is 2.09 bits per heavy atom.